The molecule has 1 aliphatic carbocycles. The van der Waals surface area contributed by atoms with Crippen LogP contribution in [-0.2, 0) is 0 Å². The molecule has 0 unspecified atom stereocenters. The van der Waals surface area contributed by atoms with E-state index in [1.54, 1.807) is 6.20 Å². The SMILES string of the molecule is Cc1cc(Nc2ncc(Cl)c(Nc3ccccc3P(C)C)n2)ccc1N1CC2(CC(N)C2)C1. The van der Waals surface area contributed by atoms with Crippen molar-refractivity contribution >= 4 is 53.7 Å². The van der Waals surface area contributed by atoms with Crippen molar-refractivity contribution < 1.29 is 0 Å². The van der Waals surface area contributed by atoms with Crippen LogP contribution in [0.2, 0.25) is 5.02 Å². The Kier molecular flexibility index (Phi) is 5.94. The number of hydrogen-bond acceptors (Lipinski definition) is 6. The summed E-state index contributed by atoms with van der Waals surface area (Å²) >= 11 is 6.41. The van der Waals surface area contributed by atoms with Crippen LogP contribution in [0.5, 0.6) is 0 Å². The molecular formula is C25H30ClN6P. The second-order valence-corrected chi connectivity index (χ2v) is 12.3. The van der Waals surface area contributed by atoms with Crippen molar-refractivity contribution in [2.24, 2.45) is 11.1 Å². The van der Waals surface area contributed by atoms with E-state index in [-0.39, 0.29) is 7.92 Å². The Hall–Kier alpha value is -2.40. The number of rotatable bonds is 6. The smallest absolute Gasteiger partial charge is 0.229 e. The molecule has 0 amide bonds. The molecule has 0 radical (unpaired) electrons. The molecule has 6 nitrogen and oxygen atoms in total. The van der Waals surface area contributed by atoms with Gasteiger partial charge in [-0.2, -0.15) is 4.98 Å². The van der Waals surface area contributed by atoms with E-state index in [1.165, 1.54) is 16.6 Å². The molecule has 1 aliphatic heterocycles. The largest absolute Gasteiger partial charge is 0.370 e. The molecule has 8 heteroatoms. The highest BCUT2D eigenvalue weighted by atomic mass is 35.5. The minimum Gasteiger partial charge on any atom is -0.370 e. The van der Waals surface area contributed by atoms with E-state index in [0.29, 0.717) is 28.2 Å². The molecule has 5 rings (SSSR count). The molecule has 0 bridgehead atoms. The normalized spacial score (nSPS) is 17.1. The van der Waals surface area contributed by atoms with Crippen LogP contribution in [0.15, 0.2) is 48.7 Å². The van der Waals surface area contributed by atoms with Gasteiger partial charge in [0.15, 0.2) is 5.82 Å². The van der Waals surface area contributed by atoms with Crippen LogP contribution in [0.1, 0.15) is 18.4 Å². The fourth-order valence-electron chi connectivity index (χ4n) is 5.07. The zero-order chi connectivity index (χ0) is 23.2. The summed E-state index contributed by atoms with van der Waals surface area (Å²) in [5.41, 5.74) is 11.0. The monoisotopic (exact) mass is 480 g/mol. The Bertz CT molecular complexity index is 1170. The molecule has 4 N–H and O–H groups in total. The highest BCUT2D eigenvalue weighted by molar-refractivity contribution is 7.64. The van der Waals surface area contributed by atoms with Gasteiger partial charge in [-0.3, -0.25) is 0 Å². The summed E-state index contributed by atoms with van der Waals surface area (Å²) in [5, 5.41) is 8.49. The summed E-state index contributed by atoms with van der Waals surface area (Å²) < 4.78 is 0. The van der Waals surface area contributed by atoms with Gasteiger partial charge in [0.25, 0.3) is 0 Å². The van der Waals surface area contributed by atoms with Gasteiger partial charge in [-0.1, -0.05) is 37.7 Å². The topological polar surface area (TPSA) is 79.1 Å². The van der Waals surface area contributed by atoms with Crippen LogP contribution in [0.25, 0.3) is 0 Å². The van der Waals surface area contributed by atoms with Gasteiger partial charge in [0, 0.05) is 41.6 Å². The second-order valence-electron chi connectivity index (χ2n) is 9.58. The van der Waals surface area contributed by atoms with Crippen LogP contribution >= 0.6 is 19.5 Å². The number of aromatic nitrogens is 2. The van der Waals surface area contributed by atoms with Crippen molar-refractivity contribution in [1.82, 2.24) is 9.97 Å². The number of anilines is 5. The highest BCUT2D eigenvalue weighted by Gasteiger charge is 2.51. The van der Waals surface area contributed by atoms with E-state index in [9.17, 15) is 0 Å². The third-order valence-electron chi connectivity index (χ3n) is 6.62. The van der Waals surface area contributed by atoms with E-state index >= 15 is 0 Å². The lowest BCUT2D eigenvalue weighted by Crippen LogP contribution is -2.65. The number of nitrogens with zero attached hydrogens (tertiary/aromatic N) is 3. The highest BCUT2D eigenvalue weighted by Crippen LogP contribution is 2.49. The first-order chi connectivity index (χ1) is 15.8. The lowest BCUT2D eigenvalue weighted by Gasteiger charge is -2.59. The van der Waals surface area contributed by atoms with E-state index < -0.39 is 0 Å². The van der Waals surface area contributed by atoms with Crippen molar-refractivity contribution in [3.05, 3.63) is 59.2 Å². The lowest BCUT2D eigenvalue weighted by atomic mass is 9.61. The first kappa shape index (κ1) is 22.4. The zero-order valence-corrected chi connectivity index (χ0v) is 20.9. The predicted molar refractivity (Wildman–Crippen MR) is 141 cm³/mol. The maximum Gasteiger partial charge on any atom is 0.229 e. The summed E-state index contributed by atoms with van der Waals surface area (Å²) in [5.74, 6) is 1.10. The maximum absolute atomic E-state index is 6.41. The summed E-state index contributed by atoms with van der Waals surface area (Å²) in [7, 11) is -0.259. The number of nitrogens with one attached hydrogen (secondary N) is 2. The van der Waals surface area contributed by atoms with Gasteiger partial charge >= 0.3 is 0 Å². The van der Waals surface area contributed by atoms with Crippen LogP contribution in [0.4, 0.5) is 28.8 Å². The van der Waals surface area contributed by atoms with Crippen LogP contribution in [0, 0.1) is 12.3 Å². The summed E-state index contributed by atoms with van der Waals surface area (Å²) in [4.78, 5) is 11.5. The lowest BCUT2D eigenvalue weighted by molar-refractivity contribution is 0.0664. The molecule has 2 heterocycles. The van der Waals surface area contributed by atoms with E-state index in [0.717, 1.165) is 37.3 Å². The minimum atomic E-state index is -0.259. The summed E-state index contributed by atoms with van der Waals surface area (Å²) in [6.07, 6.45) is 3.96. The fourth-order valence-corrected chi connectivity index (χ4v) is 6.21. The second kappa shape index (κ2) is 8.75. The molecule has 172 valence electrons. The van der Waals surface area contributed by atoms with Crippen molar-refractivity contribution in [2.75, 3.05) is 42.0 Å². The Labute approximate surface area is 201 Å². The molecule has 2 aromatic carbocycles. The Morgan fingerprint density at radius 1 is 1.12 bits per heavy atom. The van der Waals surface area contributed by atoms with E-state index in [2.05, 4.69) is 82.2 Å². The number of hydrogen-bond donors (Lipinski definition) is 3. The van der Waals surface area contributed by atoms with Gasteiger partial charge in [-0.05, 0) is 68.2 Å². The molecule has 1 saturated heterocycles. The van der Waals surface area contributed by atoms with Gasteiger partial charge < -0.3 is 21.3 Å². The van der Waals surface area contributed by atoms with Gasteiger partial charge in [0.1, 0.15) is 5.02 Å². The van der Waals surface area contributed by atoms with Crippen molar-refractivity contribution in [1.29, 1.82) is 0 Å². The maximum atomic E-state index is 6.41. The van der Waals surface area contributed by atoms with Crippen LogP contribution in [0.3, 0.4) is 0 Å². The quantitative estimate of drug-likeness (QED) is 0.420. The Balaban J connectivity index is 1.30. The third kappa shape index (κ3) is 4.52. The summed E-state index contributed by atoms with van der Waals surface area (Å²) in [6, 6.07) is 15.1. The number of benzene rings is 2. The number of halogens is 1. The molecule has 0 atom stereocenters. The minimum absolute atomic E-state index is 0.259. The van der Waals surface area contributed by atoms with Crippen LogP contribution < -0.4 is 26.6 Å². The van der Waals surface area contributed by atoms with Gasteiger partial charge in [-0.25, -0.2) is 4.98 Å². The number of para-hydroxylation sites is 1. The third-order valence-corrected chi connectivity index (χ3v) is 8.25. The molecule has 2 fully saturated rings. The Morgan fingerprint density at radius 3 is 2.58 bits per heavy atom. The molecule has 3 aromatic rings. The molecule has 1 spiro atoms. The summed E-state index contributed by atoms with van der Waals surface area (Å²) in [6.45, 7) is 8.85. The molecule has 1 saturated carbocycles. The molecule has 1 aromatic heterocycles. The van der Waals surface area contributed by atoms with E-state index in [1.807, 2.05) is 6.07 Å². The first-order valence-electron chi connectivity index (χ1n) is 11.3. The number of aryl methyl sites for hydroxylation is 1. The van der Waals surface area contributed by atoms with Crippen molar-refractivity contribution in [3.63, 3.8) is 0 Å². The van der Waals surface area contributed by atoms with Crippen LogP contribution in [-0.4, -0.2) is 42.4 Å². The standard InChI is InChI=1S/C25H30ClN6P/c1-16-10-18(8-9-21(16)32-14-25(15-32)11-17(27)12-25)29-24-28-13-19(26)23(31-24)30-20-6-4-5-7-22(20)33(2)3/h4-10,13,17H,11-12,14-15,27H2,1-3H3,(H2,28,29,30,31). The predicted octanol–water partition coefficient (Wildman–Crippen LogP) is 5.22. The van der Waals surface area contributed by atoms with Gasteiger partial charge in [-0.15, -0.1) is 0 Å². The van der Waals surface area contributed by atoms with Gasteiger partial charge in [0.05, 0.1) is 6.20 Å². The van der Waals surface area contributed by atoms with Gasteiger partial charge in [0.2, 0.25) is 5.95 Å². The zero-order valence-electron chi connectivity index (χ0n) is 19.3. The van der Waals surface area contributed by atoms with Crippen molar-refractivity contribution in [2.45, 2.75) is 25.8 Å². The molecule has 2 aliphatic rings. The molecular weight excluding hydrogens is 451 g/mol. The fraction of sp³-hybridized carbons (Fsp3) is 0.360. The molecule has 33 heavy (non-hydrogen) atoms. The van der Waals surface area contributed by atoms with E-state index in [4.69, 9.17) is 17.3 Å². The number of nitrogens with two attached hydrogens (primary N) is 1. The van der Waals surface area contributed by atoms with Crippen molar-refractivity contribution in [3.8, 4) is 0 Å². The first-order valence-corrected chi connectivity index (χ1v) is 13.9. The Morgan fingerprint density at radius 2 is 1.88 bits per heavy atom. The average Bonchev–Trinajstić information content (AvgIpc) is 2.73. The average molecular weight is 481 g/mol.